The molecule has 1 saturated carbocycles. The van der Waals surface area contributed by atoms with Gasteiger partial charge in [-0.25, -0.2) is 0 Å². The maximum absolute atomic E-state index is 12.6. The van der Waals surface area contributed by atoms with E-state index < -0.39 is 12.5 Å². The van der Waals surface area contributed by atoms with Gasteiger partial charge in [0.05, 0.1) is 4.91 Å². The maximum atomic E-state index is 12.6. The maximum Gasteiger partial charge on any atom is 0.323 e. The van der Waals surface area contributed by atoms with Gasteiger partial charge in [-0.2, -0.15) is 0 Å². The van der Waals surface area contributed by atoms with Gasteiger partial charge in [-0.05, 0) is 59.9 Å². The van der Waals surface area contributed by atoms with Crippen molar-refractivity contribution in [1.82, 2.24) is 4.90 Å². The number of hydrogen-bond acceptors (Lipinski definition) is 5. The zero-order valence-corrected chi connectivity index (χ0v) is 19.0. The summed E-state index contributed by atoms with van der Waals surface area (Å²) in [6.07, 6.45) is 7.20. The van der Waals surface area contributed by atoms with Gasteiger partial charge in [0.1, 0.15) is 10.9 Å². The lowest BCUT2D eigenvalue weighted by molar-refractivity contribution is -0.140. The standard InChI is InChI=1S/C25H22N2O3S2/c1-2-15-6-9-17(10-7-15)27-20-5-3-4-18(20)19-12-16(8-11-21(19)27)13-22-24(30)26(14-23(28)29)25(31)32-22/h2,6-13,18,20H,1,3-5,14H2,(H,28,29). The van der Waals surface area contributed by atoms with Crippen LogP contribution in [0.2, 0.25) is 0 Å². The number of thioether (sulfide) groups is 1. The number of aliphatic carboxylic acids is 1. The lowest BCUT2D eigenvalue weighted by Crippen LogP contribution is -2.33. The first-order valence-corrected chi connectivity index (χ1v) is 11.8. The molecule has 2 aromatic rings. The van der Waals surface area contributed by atoms with Crippen molar-refractivity contribution in [2.24, 2.45) is 0 Å². The van der Waals surface area contributed by atoms with Gasteiger partial charge in [-0.15, -0.1) is 0 Å². The summed E-state index contributed by atoms with van der Waals surface area (Å²) in [6, 6.07) is 15.3. The topological polar surface area (TPSA) is 60.9 Å². The molecule has 1 N–H and O–H groups in total. The van der Waals surface area contributed by atoms with Crippen molar-refractivity contribution >= 4 is 63.7 Å². The van der Waals surface area contributed by atoms with Crippen LogP contribution in [0.1, 0.15) is 41.9 Å². The van der Waals surface area contributed by atoms with Crippen LogP contribution in [0.4, 0.5) is 11.4 Å². The third-order valence-electron chi connectivity index (χ3n) is 6.39. The third kappa shape index (κ3) is 3.55. The van der Waals surface area contributed by atoms with Crippen molar-refractivity contribution < 1.29 is 14.7 Å². The molecule has 1 saturated heterocycles. The second kappa shape index (κ2) is 8.22. The molecule has 2 atom stereocenters. The number of amides is 1. The summed E-state index contributed by atoms with van der Waals surface area (Å²) in [6.45, 7) is 3.44. The van der Waals surface area contributed by atoms with Crippen molar-refractivity contribution in [3.8, 4) is 0 Å². The highest BCUT2D eigenvalue weighted by molar-refractivity contribution is 8.26. The number of hydrogen-bond donors (Lipinski definition) is 1. The van der Waals surface area contributed by atoms with E-state index >= 15 is 0 Å². The number of benzene rings is 2. The molecule has 2 unspecified atom stereocenters. The Bertz CT molecular complexity index is 1170. The Morgan fingerprint density at radius 3 is 2.66 bits per heavy atom. The van der Waals surface area contributed by atoms with Crippen molar-refractivity contribution in [2.75, 3.05) is 11.4 Å². The van der Waals surface area contributed by atoms with Gasteiger partial charge in [-0.3, -0.25) is 14.5 Å². The van der Waals surface area contributed by atoms with Crippen LogP contribution in [-0.4, -0.2) is 38.8 Å². The molecule has 3 aliphatic rings. The van der Waals surface area contributed by atoms with Gasteiger partial charge in [0.2, 0.25) is 0 Å². The van der Waals surface area contributed by atoms with E-state index in [1.807, 2.05) is 18.2 Å². The van der Waals surface area contributed by atoms with Crippen LogP contribution in [-0.2, 0) is 9.59 Å². The predicted molar refractivity (Wildman–Crippen MR) is 133 cm³/mol. The number of anilines is 2. The average Bonchev–Trinajstić information content (AvgIpc) is 3.44. The predicted octanol–water partition coefficient (Wildman–Crippen LogP) is 5.40. The number of nitrogens with zero attached hydrogens (tertiary/aromatic N) is 2. The number of carboxylic acid groups (broad SMARTS) is 1. The quantitative estimate of drug-likeness (QED) is 0.474. The Morgan fingerprint density at radius 2 is 1.94 bits per heavy atom. The summed E-state index contributed by atoms with van der Waals surface area (Å²) in [5, 5.41) is 9.03. The summed E-state index contributed by atoms with van der Waals surface area (Å²) >= 11 is 6.37. The SMILES string of the molecule is C=Cc1ccc(N2c3ccc(C=C4SC(=S)N(CC(=O)O)C4=O)cc3C3CCCC32)cc1. The van der Waals surface area contributed by atoms with Crippen molar-refractivity contribution in [3.05, 3.63) is 70.6 Å². The number of fused-ring (bicyclic) bond motifs is 3. The fourth-order valence-corrected chi connectivity index (χ4v) is 6.25. The number of thiocarbonyl (C=S) groups is 1. The van der Waals surface area contributed by atoms with Crippen molar-refractivity contribution in [1.29, 1.82) is 0 Å². The van der Waals surface area contributed by atoms with Gasteiger partial charge < -0.3 is 10.0 Å². The van der Waals surface area contributed by atoms with Gasteiger partial charge in [0.25, 0.3) is 5.91 Å². The monoisotopic (exact) mass is 462 g/mol. The van der Waals surface area contributed by atoms with E-state index in [1.54, 1.807) is 0 Å². The zero-order chi connectivity index (χ0) is 22.4. The summed E-state index contributed by atoms with van der Waals surface area (Å²) in [5.74, 6) is -0.946. The van der Waals surface area contributed by atoms with Gasteiger partial charge in [0.15, 0.2) is 0 Å². The molecule has 1 amide bonds. The third-order valence-corrected chi connectivity index (χ3v) is 7.77. The number of rotatable bonds is 5. The summed E-state index contributed by atoms with van der Waals surface area (Å²) < 4.78 is 0.287. The highest BCUT2D eigenvalue weighted by atomic mass is 32.2. The van der Waals surface area contributed by atoms with Crippen LogP contribution in [0.3, 0.4) is 0 Å². The highest BCUT2D eigenvalue weighted by Gasteiger charge is 2.42. The molecule has 0 aromatic heterocycles. The fraction of sp³-hybridized carbons (Fsp3) is 0.240. The average molecular weight is 463 g/mol. The molecule has 0 radical (unpaired) electrons. The van der Waals surface area contributed by atoms with Crippen LogP contribution in [0, 0.1) is 0 Å². The second-order valence-corrected chi connectivity index (χ2v) is 9.93. The summed E-state index contributed by atoms with van der Waals surface area (Å²) in [4.78, 5) is 27.7. The molecule has 1 aliphatic carbocycles. The van der Waals surface area contributed by atoms with Crippen molar-refractivity contribution in [3.63, 3.8) is 0 Å². The smallest absolute Gasteiger partial charge is 0.323 e. The lowest BCUT2D eigenvalue weighted by atomic mass is 9.96. The van der Waals surface area contributed by atoms with Gasteiger partial charge >= 0.3 is 5.97 Å². The van der Waals surface area contributed by atoms with Crippen LogP contribution in [0.25, 0.3) is 12.2 Å². The Hall–Kier alpha value is -2.90. The van der Waals surface area contributed by atoms with Gasteiger partial charge in [-0.1, -0.05) is 61.3 Å². The van der Waals surface area contributed by atoms with E-state index in [1.165, 1.54) is 23.4 Å². The number of carboxylic acids is 1. The number of carbonyl (C=O) groups excluding carboxylic acids is 1. The number of carbonyl (C=O) groups is 2. The van der Waals surface area contributed by atoms with E-state index in [0.717, 1.165) is 40.6 Å². The first-order chi connectivity index (χ1) is 15.5. The molecule has 5 rings (SSSR count). The van der Waals surface area contributed by atoms with E-state index in [2.05, 4.69) is 47.9 Å². The Morgan fingerprint density at radius 1 is 1.19 bits per heavy atom. The molecule has 162 valence electrons. The minimum absolute atomic E-state index is 0.287. The minimum atomic E-state index is -1.08. The Labute approximate surface area is 196 Å². The molecule has 5 nitrogen and oxygen atoms in total. The van der Waals surface area contributed by atoms with Crippen LogP contribution in [0.15, 0.2) is 53.9 Å². The Balaban J connectivity index is 1.48. The zero-order valence-electron chi connectivity index (χ0n) is 17.4. The lowest BCUT2D eigenvalue weighted by Gasteiger charge is -2.27. The van der Waals surface area contributed by atoms with Crippen LogP contribution in [0.5, 0.6) is 0 Å². The minimum Gasteiger partial charge on any atom is -0.480 e. The highest BCUT2D eigenvalue weighted by Crippen LogP contribution is 2.52. The molecular formula is C25H22N2O3S2. The molecule has 32 heavy (non-hydrogen) atoms. The molecule has 2 heterocycles. The molecule has 2 fully saturated rings. The first-order valence-electron chi connectivity index (χ1n) is 10.6. The second-order valence-electron chi connectivity index (χ2n) is 8.25. The largest absolute Gasteiger partial charge is 0.480 e. The molecule has 0 bridgehead atoms. The molecular weight excluding hydrogens is 440 g/mol. The normalized spacial score (nSPS) is 23.1. The van der Waals surface area contributed by atoms with E-state index in [4.69, 9.17) is 17.3 Å². The molecule has 0 spiro atoms. The van der Waals surface area contributed by atoms with Crippen LogP contribution < -0.4 is 4.90 Å². The summed E-state index contributed by atoms with van der Waals surface area (Å²) in [5.41, 5.74) is 5.77. The Kier molecular flexibility index (Phi) is 5.39. The van der Waals surface area contributed by atoms with E-state index in [9.17, 15) is 9.59 Å². The van der Waals surface area contributed by atoms with Gasteiger partial charge in [0, 0.05) is 23.3 Å². The molecule has 2 aromatic carbocycles. The van der Waals surface area contributed by atoms with E-state index in [0.29, 0.717) is 16.9 Å². The molecule has 7 heteroatoms. The van der Waals surface area contributed by atoms with E-state index in [-0.39, 0.29) is 10.2 Å². The fourth-order valence-electron chi connectivity index (χ4n) is 4.99. The first kappa shape index (κ1) is 21.0. The summed E-state index contributed by atoms with van der Waals surface area (Å²) in [7, 11) is 0. The van der Waals surface area contributed by atoms with Crippen molar-refractivity contribution in [2.45, 2.75) is 31.2 Å². The van der Waals surface area contributed by atoms with Crippen LogP contribution >= 0.6 is 24.0 Å². The molecule has 2 aliphatic heterocycles.